The van der Waals surface area contributed by atoms with Gasteiger partial charge in [-0.15, -0.1) is 0 Å². The van der Waals surface area contributed by atoms with Crippen LogP contribution < -0.4 is 15.8 Å². The highest BCUT2D eigenvalue weighted by Gasteiger charge is 2.05. The summed E-state index contributed by atoms with van der Waals surface area (Å²) >= 11 is 0. The number of halogens is 1. The third-order valence-electron chi connectivity index (χ3n) is 2.17. The highest BCUT2D eigenvalue weighted by molar-refractivity contribution is 5.74. The maximum Gasteiger partial charge on any atom is 0.316 e. The molecule has 7 heteroatoms. The van der Waals surface area contributed by atoms with Crippen molar-refractivity contribution >= 4 is 6.03 Å². The first-order valence-electron chi connectivity index (χ1n) is 5.67. The average Bonchev–Trinajstić information content (AvgIpc) is 2.42. The van der Waals surface area contributed by atoms with Crippen LogP contribution in [0.5, 0.6) is 5.88 Å². The molecule has 0 aromatic carbocycles. The number of carbonyl (C=O) groups is 1. The predicted octanol–water partition coefficient (Wildman–Crippen LogP) is 1.84. The molecule has 3 N–H and O–H groups in total. The van der Waals surface area contributed by atoms with Gasteiger partial charge in [0.25, 0.3) is 0 Å². The molecule has 0 aliphatic rings. The van der Waals surface area contributed by atoms with E-state index in [1.807, 2.05) is 0 Å². The molecule has 0 spiro atoms. The third-order valence-corrected chi connectivity index (χ3v) is 2.17. The van der Waals surface area contributed by atoms with Gasteiger partial charge in [-0.05, 0) is 19.1 Å². The van der Waals surface area contributed by atoms with Gasteiger partial charge in [-0.2, -0.15) is 0 Å². The van der Waals surface area contributed by atoms with E-state index in [9.17, 15) is 9.18 Å². The number of carbonyl (C=O) groups excluding carboxylic acids is 1. The summed E-state index contributed by atoms with van der Waals surface area (Å²) in [6, 6.07) is -0.762. The zero-order valence-electron chi connectivity index (χ0n) is 11.0. The molecule has 20 heavy (non-hydrogen) atoms. The molecule has 106 valence electrons. The molecule has 1 rings (SSSR count). The van der Waals surface area contributed by atoms with Gasteiger partial charge in [0, 0.05) is 23.7 Å². The Morgan fingerprint density at radius 1 is 1.60 bits per heavy atom. The highest BCUT2D eigenvalue weighted by atomic mass is 19.1. The van der Waals surface area contributed by atoms with E-state index in [0.29, 0.717) is 0 Å². The van der Waals surface area contributed by atoms with E-state index in [-0.39, 0.29) is 23.8 Å². The van der Waals surface area contributed by atoms with Crippen molar-refractivity contribution < 1.29 is 13.9 Å². The molecule has 0 bridgehead atoms. The number of urea groups is 1. The van der Waals surface area contributed by atoms with E-state index >= 15 is 0 Å². The Labute approximate surface area is 115 Å². The van der Waals surface area contributed by atoms with E-state index < -0.39 is 11.9 Å². The summed E-state index contributed by atoms with van der Waals surface area (Å²) < 4.78 is 18.7. The second-order valence-electron chi connectivity index (χ2n) is 3.68. The number of ether oxygens (including phenoxy) is 1. The predicted molar refractivity (Wildman–Crippen MR) is 72.3 cm³/mol. The van der Waals surface area contributed by atoms with Gasteiger partial charge in [-0.3, -0.25) is 4.98 Å². The van der Waals surface area contributed by atoms with Crippen LogP contribution >= 0.6 is 0 Å². The van der Waals surface area contributed by atoms with Crippen molar-refractivity contribution in [2.24, 2.45) is 5.73 Å². The van der Waals surface area contributed by atoms with Crippen LogP contribution in [0.3, 0.4) is 0 Å². The van der Waals surface area contributed by atoms with Crippen LogP contribution in [-0.2, 0) is 0 Å². The van der Waals surface area contributed by atoms with Gasteiger partial charge in [0.15, 0.2) is 0 Å². The Morgan fingerprint density at radius 3 is 2.85 bits per heavy atom. The van der Waals surface area contributed by atoms with Crippen molar-refractivity contribution in [3.8, 4) is 5.88 Å². The van der Waals surface area contributed by atoms with Gasteiger partial charge in [-0.1, -0.05) is 6.58 Å². The van der Waals surface area contributed by atoms with Crippen LogP contribution in [0, 0.1) is 0 Å². The molecule has 1 aromatic heterocycles. The number of hydrogen-bond acceptors (Lipinski definition) is 4. The molecule has 6 nitrogen and oxygen atoms in total. The number of aromatic nitrogens is 2. The second kappa shape index (κ2) is 7.67. The third kappa shape index (κ3) is 5.30. The topological polar surface area (TPSA) is 90.1 Å². The van der Waals surface area contributed by atoms with E-state index in [1.54, 1.807) is 0 Å². The summed E-state index contributed by atoms with van der Waals surface area (Å²) in [6.45, 7) is 4.70. The van der Waals surface area contributed by atoms with Crippen LogP contribution in [0.1, 0.15) is 6.92 Å². The van der Waals surface area contributed by atoms with Crippen LogP contribution in [0.25, 0.3) is 0 Å². The Kier molecular flexibility index (Phi) is 5.89. The minimum Gasteiger partial charge on any atom is -0.472 e. The highest BCUT2D eigenvalue weighted by Crippen LogP contribution is 2.12. The van der Waals surface area contributed by atoms with Crippen LogP contribution in [0.2, 0.25) is 0 Å². The molecule has 0 aliphatic carbocycles. The average molecular weight is 278 g/mol. The lowest BCUT2D eigenvalue weighted by molar-refractivity contribution is 0.251. The monoisotopic (exact) mass is 278 g/mol. The molecule has 0 saturated heterocycles. The molecule has 0 unspecified atom stereocenters. The van der Waals surface area contributed by atoms with Gasteiger partial charge in [0.1, 0.15) is 12.4 Å². The van der Waals surface area contributed by atoms with Crippen molar-refractivity contribution in [1.29, 1.82) is 0 Å². The van der Waals surface area contributed by atoms with Gasteiger partial charge in [-0.25, -0.2) is 14.2 Å². The number of primary amides is 1. The normalized spacial score (nSPS) is 12.4. The quantitative estimate of drug-likeness (QED) is 0.777. The van der Waals surface area contributed by atoms with E-state index in [4.69, 9.17) is 10.5 Å². The fraction of sp³-hybridized carbons (Fsp3) is 0.154. The molecule has 0 radical (unpaired) electrons. The number of rotatable bonds is 6. The maximum atomic E-state index is 13.4. The molecular formula is C13H15FN4O2. The summed E-state index contributed by atoms with van der Waals surface area (Å²) in [4.78, 5) is 18.5. The standard InChI is InChI=1S/C13H15FN4O2/c1-3-11(18-13(15)19)6-10(9(2)14)8-20-12-7-16-4-5-17-12/h3-7H,1,8H2,2H3,(H3,15,18,19)/b10-9-,11-6+. The van der Waals surface area contributed by atoms with Crippen molar-refractivity contribution in [3.05, 3.63) is 54.4 Å². The summed E-state index contributed by atoms with van der Waals surface area (Å²) in [5, 5.41) is 2.31. The number of amides is 2. The number of allylic oxidation sites excluding steroid dienone is 2. The first kappa shape index (κ1) is 15.4. The van der Waals surface area contributed by atoms with Gasteiger partial charge in [0.05, 0.1) is 6.20 Å². The fourth-order valence-electron chi connectivity index (χ4n) is 1.23. The van der Waals surface area contributed by atoms with Crippen LogP contribution in [-0.4, -0.2) is 22.6 Å². The maximum absolute atomic E-state index is 13.4. The Hall–Kier alpha value is -2.70. The lowest BCUT2D eigenvalue weighted by Gasteiger charge is -2.08. The fourth-order valence-corrected chi connectivity index (χ4v) is 1.23. The Bertz CT molecular complexity index is 537. The van der Waals surface area contributed by atoms with E-state index in [2.05, 4.69) is 21.9 Å². The van der Waals surface area contributed by atoms with E-state index in [1.165, 1.54) is 37.7 Å². The lowest BCUT2D eigenvalue weighted by Crippen LogP contribution is -2.28. The summed E-state index contributed by atoms with van der Waals surface area (Å²) in [7, 11) is 0. The van der Waals surface area contributed by atoms with Crippen molar-refractivity contribution in [3.63, 3.8) is 0 Å². The molecule has 1 aromatic rings. The Morgan fingerprint density at radius 2 is 2.35 bits per heavy atom. The minimum absolute atomic E-state index is 0.0706. The van der Waals surface area contributed by atoms with Gasteiger partial charge < -0.3 is 15.8 Å². The second-order valence-corrected chi connectivity index (χ2v) is 3.68. The number of nitrogens with zero attached hydrogens (tertiary/aromatic N) is 2. The van der Waals surface area contributed by atoms with Crippen molar-refractivity contribution in [2.75, 3.05) is 6.61 Å². The largest absolute Gasteiger partial charge is 0.472 e. The molecule has 0 fully saturated rings. The molecular weight excluding hydrogens is 263 g/mol. The van der Waals surface area contributed by atoms with Crippen molar-refractivity contribution in [1.82, 2.24) is 15.3 Å². The first-order chi connectivity index (χ1) is 9.52. The molecule has 0 saturated carbocycles. The smallest absolute Gasteiger partial charge is 0.316 e. The molecule has 0 atom stereocenters. The summed E-state index contributed by atoms with van der Waals surface area (Å²) in [5.74, 6) is -0.192. The van der Waals surface area contributed by atoms with Crippen LogP contribution in [0.15, 0.2) is 54.4 Å². The molecule has 0 aliphatic heterocycles. The van der Waals surface area contributed by atoms with E-state index in [0.717, 1.165) is 0 Å². The zero-order valence-corrected chi connectivity index (χ0v) is 11.0. The number of nitrogens with one attached hydrogen (secondary N) is 1. The molecule has 1 heterocycles. The van der Waals surface area contributed by atoms with Gasteiger partial charge in [0.2, 0.25) is 5.88 Å². The number of nitrogens with two attached hydrogens (primary N) is 1. The van der Waals surface area contributed by atoms with Crippen molar-refractivity contribution in [2.45, 2.75) is 6.92 Å². The SMILES string of the molecule is C=C/C(=C\C(COc1cnccn1)=C(/C)F)NC(N)=O. The number of hydrogen-bond donors (Lipinski definition) is 2. The van der Waals surface area contributed by atoms with Crippen LogP contribution in [0.4, 0.5) is 9.18 Å². The minimum atomic E-state index is -0.762. The lowest BCUT2D eigenvalue weighted by atomic mass is 10.2. The summed E-state index contributed by atoms with van der Waals surface area (Å²) in [5.41, 5.74) is 5.48. The first-order valence-corrected chi connectivity index (χ1v) is 5.67. The van der Waals surface area contributed by atoms with Gasteiger partial charge >= 0.3 is 6.03 Å². The molecule has 2 amide bonds. The zero-order chi connectivity index (χ0) is 15.0. The summed E-state index contributed by atoms with van der Waals surface area (Å²) in [6.07, 6.45) is 7.08. The Balaban J connectivity index is 2.80.